The Labute approximate surface area is 173 Å². The third-order valence-corrected chi connectivity index (χ3v) is 6.32. The van der Waals surface area contributed by atoms with Gasteiger partial charge in [0.1, 0.15) is 0 Å². The lowest BCUT2D eigenvalue weighted by Crippen LogP contribution is -2.12. The zero-order valence-electron chi connectivity index (χ0n) is 16.1. The van der Waals surface area contributed by atoms with Crippen LogP contribution in [0.3, 0.4) is 0 Å². The van der Waals surface area contributed by atoms with Crippen molar-refractivity contribution >= 4 is 32.8 Å². The quantitative estimate of drug-likeness (QED) is 0.530. The Balaban J connectivity index is 1.51. The lowest BCUT2D eigenvalue weighted by atomic mass is 10.0. The van der Waals surface area contributed by atoms with Crippen molar-refractivity contribution < 1.29 is 13.2 Å². The van der Waals surface area contributed by atoms with E-state index in [0.29, 0.717) is 6.54 Å². The van der Waals surface area contributed by atoms with Gasteiger partial charge in [0.2, 0.25) is 0 Å². The molecule has 0 bridgehead atoms. The first-order valence-electron chi connectivity index (χ1n) is 9.35. The van der Waals surface area contributed by atoms with Gasteiger partial charge in [-0.1, -0.05) is 6.07 Å². The van der Waals surface area contributed by atoms with E-state index < -0.39 is 9.84 Å². The molecule has 0 aliphatic carbocycles. The van der Waals surface area contributed by atoms with Crippen molar-refractivity contribution in [1.82, 2.24) is 14.7 Å². The second-order valence-electron chi connectivity index (χ2n) is 7.23. The maximum Gasteiger partial charge on any atom is 0.251 e. The number of nitrogens with one attached hydrogen (secondary N) is 2. The fourth-order valence-electron chi connectivity index (χ4n) is 3.68. The molecule has 7 nitrogen and oxygen atoms in total. The van der Waals surface area contributed by atoms with E-state index in [-0.39, 0.29) is 10.8 Å². The molecule has 0 spiro atoms. The van der Waals surface area contributed by atoms with E-state index in [1.54, 1.807) is 30.5 Å². The maximum atomic E-state index is 11.8. The molecule has 0 atom stereocenters. The highest BCUT2D eigenvalue weighted by atomic mass is 32.2. The van der Waals surface area contributed by atoms with E-state index in [0.717, 1.165) is 39.4 Å². The number of rotatable bonds is 4. The van der Waals surface area contributed by atoms with Crippen molar-refractivity contribution in [2.75, 3.05) is 11.6 Å². The van der Waals surface area contributed by atoms with E-state index in [1.165, 1.54) is 6.26 Å². The lowest BCUT2D eigenvalue weighted by molar-refractivity contribution is 0.0965. The normalized spacial score (nSPS) is 13.3. The van der Waals surface area contributed by atoms with E-state index in [1.807, 2.05) is 40.9 Å². The van der Waals surface area contributed by atoms with Gasteiger partial charge in [-0.25, -0.2) is 13.4 Å². The summed E-state index contributed by atoms with van der Waals surface area (Å²) in [5.41, 5.74) is 5.97. The number of nitrogens with zero attached hydrogens (tertiary/aromatic N) is 2. The van der Waals surface area contributed by atoms with E-state index in [2.05, 4.69) is 15.6 Å². The first-order chi connectivity index (χ1) is 14.4. The predicted octanol–water partition coefficient (Wildman–Crippen LogP) is 3.39. The number of amides is 1. The van der Waals surface area contributed by atoms with Crippen LogP contribution in [-0.4, -0.2) is 30.0 Å². The van der Waals surface area contributed by atoms with Crippen LogP contribution in [0.15, 0.2) is 71.9 Å². The molecule has 0 saturated carbocycles. The number of anilines is 2. The Hall–Kier alpha value is -3.65. The molecule has 2 aromatic carbocycles. The van der Waals surface area contributed by atoms with Crippen LogP contribution in [0.2, 0.25) is 0 Å². The smallest absolute Gasteiger partial charge is 0.251 e. The Morgan fingerprint density at radius 1 is 1.07 bits per heavy atom. The second-order valence-corrected chi connectivity index (χ2v) is 9.24. The molecule has 3 heterocycles. The van der Waals surface area contributed by atoms with Crippen molar-refractivity contribution in [2.24, 2.45) is 0 Å². The van der Waals surface area contributed by atoms with Gasteiger partial charge in [0.15, 0.2) is 15.5 Å². The molecule has 0 unspecified atom stereocenters. The molecule has 8 heteroatoms. The third kappa shape index (κ3) is 3.11. The number of carbonyl (C=O) groups is 1. The average Bonchev–Trinajstić information content (AvgIpc) is 3.35. The minimum Gasteiger partial charge on any atom is -0.352 e. The Morgan fingerprint density at radius 3 is 2.63 bits per heavy atom. The monoisotopic (exact) mass is 418 g/mol. The van der Waals surface area contributed by atoms with Crippen LogP contribution in [0, 0.1) is 0 Å². The van der Waals surface area contributed by atoms with Crippen LogP contribution in [0.25, 0.3) is 16.9 Å². The summed E-state index contributed by atoms with van der Waals surface area (Å²) in [4.78, 5) is 16.6. The summed E-state index contributed by atoms with van der Waals surface area (Å²) >= 11 is 0. The Kier molecular flexibility index (Phi) is 4.11. The summed E-state index contributed by atoms with van der Waals surface area (Å²) in [5.74, 6) is -0.0363. The van der Waals surface area contributed by atoms with Gasteiger partial charge >= 0.3 is 0 Å². The minimum atomic E-state index is -3.23. The zero-order valence-corrected chi connectivity index (χ0v) is 16.9. The molecule has 0 fully saturated rings. The van der Waals surface area contributed by atoms with Crippen molar-refractivity contribution in [3.63, 3.8) is 0 Å². The number of aromatic nitrogens is 2. The topological polar surface area (TPSA) is 92.6 Å². The largest absolute Gasteiger partial charge is 0.352 e. The molecule has 5 rings (SSSR count). The molecular weight excluding hydrogens is 400 g/mol. The van der Waals surface area contributed by atoms with E-state index in [4.69, 9.17) is 0 Å². The van der Waals surface area contributed by atoms with Gasteiger partial charge in [-0.15, -0.1) is 0 Å². The maximum absolute atomic E-state index is 11.8. The molecule has 1 aliphatic heterocycles. The molecule has 0 radical (unpaired) electrons. The van der Waals surface area contributed by atoms with Crippen LogP contribution in [0.5, 0.6) is 0 Å². The first-order valence-corrected chi connectivity index (χ1v) is 11.2. The van der Waals surface area contributed by atoms with Crippen LogP contribution >= 0.6 is 0 Å². The minimum absolute atomic E-state index is 0.0363. The molecule has 2 aromatic heterocycles. The summed E-state index contributed by atoms with van der Waals surface area (Å²) in [6.45, 7) is 0.540. The van der Waals surface area contributed by atoms with E-state index >= 15 is 0 Å². The highest BCUT2D eigenvalue weighted by molar-refractivity contribution is 7.90. The van der Waals surface area contributed by atoms with E-state index in [9.17, 15) is 13.2 Å². The molecule has 1 amide bonds. The molecule has 0 saturated heterocycles. The number of hydrogen-bond donors (Lipinski definition) is 2. The standard InChI is InChI=1S/C22H18N4O3S/c1-30(28,29)17-5-3-16(4-6-17)25-19-8-9-20(26-11-10-23-21(19)26)14-2-7-18-15(12-14)13-24-22(18)27/h2-12,25H,13H2,1H3,(H,24,27). The Morgan fingerprint density at radius 2 is 1.87 bits per heavy atom. The number of benzene rings is 2. The second kappa shape index (κ2) is 6.70. The summed E-state index contributed by atoms with van der Waals surface area (Å²) in [6, 6.07) is 16.4. The highest BCUT2D eigenvalue weighted by Gasteiger charge is 2.19. The van der Waals surface area contributed by atoms with Crippen LogP contribution in [0.4, 0.5) is 11.4 Å². The van der Waals surface area contributed by atoms with Crippen molar-refractivity contribution in [3.8, 4) is 11.3 Å². The summed E-state index contributed by atoms with van der Waals surface area (Å²) in [7, 11) is -3.23. The van der Waals surface area contributed by atoms with Gasteiger partial charge in [-0.3, -0.25) is 9.20 Å². The van der Waals surface area contributed by atoms with Gasteiger partial charge in [0.25, 0.3) is 5.91 Å². The number of sulfone groups is 1. The van der Waals surface area contributed by atoms with Gasteiger partial charge < -0.3 is 10.6 Å². The first kappa shape index (κ1) is 18.4. The fraction of sp³-hybridized carbons (Fsp3) is 0.0909. The highest BCUT2D eigenvalue weighted by Crippen LogP contribution is 2.30. The fourth-order valence-corrected chi connectivity index (χ4v) is 4.31. The van der Waals surface area contributed by atoms with Crippen molar-refractivity contribution in [2.45, 2.75) is 11.4 Å². The number of fused-ring (bicyclic) bond motifs is 2. The zero-order chi connectivity index (χ0) is 20.9. The van der Waals surface area contributed by atoms with Crippen LogP contribution in [0.1, 0.15) is 15.9 Å². The van der Waals surface area contributed by atoms with Gasteiger partial charge in [-0.05, 0) is 59.7 Å². The van der Waals surface area contributed by atoms with Crippen molar-refractivity contribution in [3.05, 3.63) is 78.1 Å². The molecule has 1 aliphatic rings. The molecule has 2 N–H and O–H groups in total. The molecule has 4 aromatic rings. The number of hydrogen-bond acceptors (Lipinski definition) is 5. The predicted molar refractivity (Wildman–Crippen MR) is 115 cm³/mol. The number of pyridine rings is 1. The summed E-state index contributed by atoms with van der Waals surface area (Å²) in [6.07, 6.45) is 4.81. The van der Waals surface area contributed by atoms with Crippen LogP contribution in [-0.2, 0) is 16.4 Å². The lowest BCUT2D eigenvalue weighted by Gasteiger charge is -2.12. The molecular formula is C22H18N4O3S. The summed E-state index contributed by atoms with van der Waals surface area (Å²) in [5, 5.41) is 6.14. The Bertz CT molecular complexity index is 1410. The number of imidazole rings is 1. The SMILES string of the molecule is CS(=O)(=O)c1ccc(Nc2ccc(-c3ccc4c(c3)CNC4=O)n3ccnc23)cc1. The van der Waals surface area contributed by atoms with Crippen LogP contribution < -0.4 is 10.6 Å². The molecule has 30 heavy (non-hydrogen) atoms. The average molecular weight is 418 g/mol. The summed E-state index contributed by atoms with van der Waals surface area (Å²) < 4.78 is 25.3. The number of carbonyl (C=O) groups excluding carboxylic acids is 1. The van der Waals surface area contributed by atoms with Crippen molar-refractivity contribution in [1.29, 1.82) is 0 Å². The van der Waals surface area contributed by atoms with Gasteiger partial charge in [0, 0.05) is 36.4 Å². The third-order valence-electron chi connectivity index (χ3n) is 5.20. The molecule has 150 valence electrons. The van der Waals surface area contributed by atoms with Gasteiger partial charge in [0.05, 0.1) is 16.3 Å². The van der Waals surface area contributed by atoms with Gasteiger partial charge in [-0.2, -0.15) is 0 Å².